The van der Waals surface area contributed by atoms with E-state index in [0.29, 0.717) is 31.6 Å². The van der Waals surface area contributed by atoms with Gasteiger partial charge in [-0.2, -0.15) is 5.10 Å². The summed E-state index contributed by atoms with van der Waals surface area (Å²) < 4.78 is 1.91. The third-order valence-electron chi connectivity index (χ3n) is 5.56. The fraction of sp³-hybridized carbons (Fsp3) is 0.292. The summed E-state index contributed by atoms with van der Waals surface area (Å²) in [5.41, 5.74) is 5.68. The highest BCUT2D eigenvalue weighted by molar-refractivity contribution is 5.95. The van der Waals surface area contributed by atoms with Crippen LogP contribution in [-0.4, -0.2) is 39.6 Å². The summed E-state index contributed by atoms with van der Waals surface area (Å²) in [4.78, 5) is 27.1. The van der Waals surface area contributed by atoms with Crippen LogP contribution in [0.1, 0.15) is 43.2 Å². The lowest BCUT2D eigenvalue weighted by atomic mass is 10.0. The molecule has 0 bridgehead atoms. The maximum atomic E-state index is 13.0. The highest BCUT2D eigenvalue weighted by Gasteiger charge is 2.27. The average molecular weight is 402 g/mol. The van der Waals surface area contributed by atoms with Gasteiger partial charge in [0.2, 0.25) is 0 Å². The van der Waals surface area contributed by atoms with Crippen LogP contribution in [0, 0.1) is 6.92 Å². The zero-order chi connectivity index (χ0) is 21.1. The number of benzene rings is 2. The minimum atomic E-state index is -0.0864. The molecular weight excluding hydrogens is 376 g/mol. The molecular formula is C24H26N4O2. The molecule has 1 aliphatic rings. The average Bonchev–Trinajstić information content (AvgIpc) is 3.08. The van der Waals surface area contributed by atoms with Crippen LogP contribution in [0.15, 0.2) is 54.6 Å². The van der Waals surface area contributed by atoms with E-state index in [2.05, 4.69) is 10.4 Å². The Morgan fingerprint density at radius 1 is 1.07 bits per heavy atom. The molecule has 4 rings (SSSR count). The maximum Gasteiger partial charge on any atom is 0.254 e. The summed E-state index contributed by atoms with van der Waals surface area (Å²) >= 11 is 0. The van der Waals surface area contributed by atoms with Gasteiger partial charge >= 0.3 is 0 Å². The van der Waals surface area contributed by atoms with E-state index in [-0.39, 0.29) is 11.8 Å². The first kappa shape index (κ1) is 19.9. The molecule has 3 aromatic rings. The number of fused-ring (bicyclic) bond motifs is 1. The normalized spacial score (nSPS) is 13.1. The summed E-state index contributed by atoms with van der Waals surface area (Å²) in [6.45, 7) is 3.73. The predicted octanol–water partition coefficient (Wildman–Crippen LogP) is 2.90. The molecule has 0 saturated carbocycles. The highest BCUT2D eigenvalue weighted by atomic mass is 16.2. The van der Waals surface area contributed by atoms with E-state index in [1.54, 1.807) is 12.1 Å². The zero-order valence-corrected chi connectivity index (χ0v) is 17.4. The molecule has 0 fully saturated rings. The van der Waals surface area contributed by atoms with Crippen molar-refractivity contribution in [1.29, 1.82) is 0 Å². The number of aryl methyl sites for hydroxylation is 2. The molecule has 0 unspecified atom stereocenters. The van der Waals surface area contributed by atoms with Crippen molar-refractivity contribution in [2.24, 2.45) is 7.05 Å². The first-order valence-electron chi connectivity index (χ1n) is 10.3. The lowest BCUT2D eigenvalue weighted by molar-refractivity contribution is 0.0733. The van der Waals surface area contributed by atoms with Crippen LogP contribution in [0.2, 0.25) is 0 Å². The summed E-state index contributed by atoms with van der Waals surface area (Å²) in [6.07, 6.45) is 1.42. The van der Waals surface area contributed by atoms with Crippen molar-refractivity contribution in [3.8, 4) is 0 Å². The molecule has 2 aromatic carbocycles. The molecule has 30 heavy (non-hydrogen) atoms. The van der Waals surface area contributed by atoms with Gasteiger partial charge in [-0.1, -0.05) is 35.9 Å². The molecule has 154 valence electrons. The van der Waals surface area contributed by atoms with Gasteiger partial charge in [0.1, 0.15) is 0 Å². The topological polar surface area (TPSA) is 67.2 Å². The van der Waals surface area contributed by atoms with Gasteiger partial charge in [0, 0.05) is 61.9 Å². The van der Waals surface area contributed by atoms with Crippen molar-refractivity contribution in [3.63, 3.8) is 0 Å². The molecule has 1 aromatic heterocycles. The summed E-state index contributed by atoms with van der Waals surface area (Å²) in [5, 5.41) is 7.63. The van der Waals surface area contributed by atoms with Gasteiger partial charge in [-0.25, -0.2) is 0 Å². The maximum absolute atomic E-state index is 13.0. The van der Waals surface area contributed by atoms with Gasteiger partial charge in [-0.3, -0.25) is 14.3 Å². The van der Waals surface area contributed by atoms with Crippen molar-refractivity contribution in [2.75, 3.05) is 13.1 Å². The Hall–Kier alpha value is -3.41. The van der Waals surface area contributed by atoms with Crippen LogP contribution in [0.3, 0.4) is 0 Å². The van der Waals surface area contributed by atoms with Crippen LogP contribution < -0.4 is 5.32 Å². The van der Waals surface area contributed by atoms with Crippen molar-refractivity contribution in [3.05, 3.63) is 88.2 Å². The highest BCUT2D eigenvalue weighted by Crippen LogP contribution is 2.24. The molecule has 2 heterocycles. The Bertz CT molecular complexity index is 1070. The number of amides is 2. The van der Waals surface area contributed by atoms with Gasteiger partial charge in [0.15, 0.2) is 0 Å². The van der Waals surface area contributed by atoms with Gasteiger partial charge in [-0.05, 0) is 31.2 Å². The number of carbonyl (C=O) groups is 2. The number of nitrogens with zero attached hydrogens (tertiary/aromatic N) is 3. The number of aromatic nitrogens is 2. The number of hydrogen-bond acceptors (Lipinski definition) is 3. The second-order valence-electron chi connectivity index (χ2n) is 7.71. The van der Waals surface area contributed by atoms with Gasteiger partial charge < -0.3 is 10.2 Å². The smallest absolute Gasteiger partial charge is 0.254 e. The van der Waals surface area contributed by atoms with E-state index in [0.717, 1.165) is 28.8 Å². The Morgan fingerprint density at radius 3 is 2.60 bits per heavy atom. The van der Waals surface area contributed by atoms with Crippen LogP contribution in [-0.2, 0) is 26.4 Å². The Labute approximate surface area is 176 Å². The SMILES string of the molecule is Cc1cccc(C(=O)N2CCc3c(c(CCNC(=O)c4ccccc4)nn3C)C2)c1. The largest absolute Gasteiger partial charge is 0.352 e. The van der Waals surface area contributed by atoms with Crippen molar-refractivity contribution >= 4 is 11.8 Å². The van der Waals surface area contributed by atoms with Crippen molar-refractivity contribution in [2.45, 2.75) is 26.3 Å². The predicted molar refractivity (Wildman–Crippen MR) is 115 cm³/mol. The summed E-state index contributed by atoms with van der Waals surface area (Å²) in [5.74, 6) is -0.0341. The quantitative estimate of drug-likeness (QED) is 0.714. The molecule has 0 spiro atoms. The minimum absolute atomic E-state index is 0.0523. The van der Waals surface area contributed by atoms with Gasteiger partial charge in [0.25, 0.3) is 11.8 Å². The summed E-state index contributed by atoms with van der Waals surface area (Å²) in [7, 11) is 1.95. The monoisotopic (exact) mass is 402 g/mol. The lowest BCUT2D eigenvalue weighted by Gasteiger charge is -2.28. The molecule has 6 heteroatoms. The first-order valence-corrected chi connectivity index (χ1v) is 10.3. The molecule has 1 N–H and O–H groups in total. The Balaban J connectivity index is 1.44. The van der Waals surface area contributed by atoms with Crippen molar-refractivity contribution < 1.29 is 9.59 Å². The van der Waals surface area contributed by atoms with E-state index < -0.39 is 0 Å². The number of hydrogen-bond donors (Lipinski definition) is 1. The first-order chi connectivity index (χ1) is 14.5. The number of rotatable bonds is 5. The van der Waals surface area contributed by atoms with Gasteiger partial charge in [0.05, 0.1) is 5.69 Å². The second-order valence-corrected chi connectivity index (χ2v) is 7.71. The molecule has 1 aliphatic heterocycles. The Kier molecular flexibility index (Phi) is 5.65. The number of nitrogens with one attached hydrogen (secondary N) is 1. The van der Waals surface area contributed by atoms with E-state index >= 15 is 0 Å². The van der Waals surface area contributed by atoms with E-state index in [1.807, 2.05) is 66.0 Å². The van der Waals surface area contributed by atoms with Crippen LogP contribution in [0.4, 0.5) is 0 Å². The number of carbonyl (C=O) groups excluding carboxylic acids is 2. The van der Waals surface area contributed by atoms with Crippen LogP contribution in [0.25, 0.3) is 0 Å². The molecule has 0 radical (unpaired) electrons. The lowest BCUT2D eigenvalue weighted by Crippen LogP contribution is -2.36. The van der Waals surface area contributed by atoms with E-state index in [9.17, 15) is 9.59 Å². The molecule has 0 aliphatic carbocycles. The van der Waals surface area contributed by atoms with Gasteiger partial charge in [-0.15, -0.1) is 0 Å². The van der Waals surface area contributed by atoms with Crippen LogP contribution in [0.5, 0.6) is 0 Å². The Morgan fingerprint density at radius 2 is 1.83 bits per heavy atom. The minimum Gasteiger partial charge on any atom is -0.352 e. The molecule has 6 nitrogen and oxygen atoms in total. The molecule has 2 amide bonds. The summed E-state index contributed by atoms with van der Waals surface area (Å²) in [6, 6.07) is 16.9. The molecule has 0 saturated heterocycles. The van der Waals surface area contributed by atoms with Crippen LogP contribution >= 0.6 is 0 Å². The third kappa shape index (κ3) is 4.13. The van der Waals surface area contributed by atoms with E-state index in [1.165, 1.54) is 5.69 Å². The standard InChI is InChI=1S/C24H26N4O2/c1-17-7-6-10-19(15-17)24(30)28-14-12-22-20(16-28)21(26-27(22)2)11-13-25-23(29)18-8-4-3-5-9-18/h3-10,15H,11-14,16H2,1-2H3,(H,25,29). The van der Waals surface area contributed by atoms with E-state index in [4.69, 9.17) is 0 Å². The second kappa shape index (κ2) is 8.53. The third-order valence-corrected chi connectivity index (χ3v) is 5.56. The fourth-order valence-corrected chi connectivity index (χ4v) is 3.99. The molecule has 0 atom stereocenters. The zero-order valence-electron chi connectivity index (χ0n) is 17.4. The van der Waals surface area contributed by atoms with Crippen molar-refractivity contribution in [1.82, 2.24) is 20.0 Å². The fourth-order valence-electron chi connectivity index (χ4n) is 3.99.